The third-order valence-electron chi connectivity index (χ3n) is 1.46. The molecule has 1 heteroatoms. The van der Waals surface area contributed by atoms with Gasteiger partial charge in [-0.25, -0.2) is 0 Å². The van der Waals surface area contributed by atoms with Crippen LogP contribution < -0.4 is 0 Å². The zero-order valence-corrected chi connectivity index (χ0v) is 7.65. The number of hydrogen-bond donors (Lipinski definition) is 0. The van der Waals surface area contributed by atoms with Crippen LogP contribution in [0.15, 0.2) is 12.7 Å². The molecule has 0 N–H and O–H groups in total. The van der Waals surface area contributed by atoms with Gasteiger partial charge in [0.2, 0.25) is 0 Å². The Labute approximate surface area is 66.5 Å². The fraction of sp³-hybridized carbons (Fsp3) is 0.750. The fourth-order valence-corrected chi connectivity index (χ4v) is 1.31. The number of halogens is 1. The molecule has 0 aliphatic heterocycles. The van der Waals surface area contributed by atoms with Crippen molar-refractivity contribution in [3.63, 3.8) is 0 Å². The molecule has 0 amide bonds. The van der Waals surface area contributed by atoms with Gasteiger partial charge in [-0.15, -0.1) is 6.58 Å². The Morgan fingerprint density at radius 3 is 2.67 bits per heavy atom. The number of hydrogen-bond acceptors (Lipinski definition) is 0. The lowest BCUT2D eigenvalue weighted by Gasteiger charge is -2.05. The van der Waals surface area contributed by atoms with Crippen molar-refractivity contribution < 1.29 is 0 Å². The zero-order chi connectivity index (χ0) is 7.11. The molecule has 0 fully saturated rings. The maximum Gasteiger partial charge on any atom is 0.00942 e. The summed E-state index contributed by atoms with van der Waals surface area (Å²) in [5, 5.41) is 1.07. The minimum atomic E-state index is 0.685. The van der Waals surface area contributed by atoms with Crippen molar-refractivity contribution >= 4 is 15.9 Å². The van der Waals surface area contributed by atoms with Crippen LogP contribution in [0, 0.1) is 5.92 Å². The predicted molar refractivity (Wildman–Crippen MR) is 47.0 cm³/mol. The molecule has 9 heavy (non-hydrogen) atoms. The summed E-state index contributed by atoms with van der Waals surface area (Å²) in [7, 11) is 0. The van der Waals surface area contributed by atoms with Gasteiger partial charge in [0.1, 0.15) is 0 Å². The Balaban J connectivity index is 3.20. The normalized spacial score (nSPS) is 13.1. The molecule has 0 aromatic carbocycles. The second kappa shape index (κ2) is 6.34. The summed E-state index contributed by atoms with van der Waals surface area (Å²) in [4.78, 5) is 0. The topological polar surface area (TPSA) is 0 Å². The Kier molecular flexibility index (Phi) is 6.50. The molecule has 0 spiro atoms. The summed E-state index contributed by atoms with van der Waals surface area (Å²) < 4.78 is 0. The van der Waals surface area contributed by atoms with Crippen LogP contribution >= 0.6 is 15.9 Å². The molecule has 54 valence electrons. The van der Waals surface area contributed by atoms with E-state index in [1.54, 1.807) is 0 Å². The highest BCUT2D eigenvalue weighted by Gasteiger charge is 1.98. The Morgan fingerprint density at radius 1 is 1.67 bits per heavy atom. The first-order chi connectivity index (χ1) is 4.35. The molecular formula is C8H15Br. The molecule has 0 radical (unpaired) electrons. The number of rotatable bonds is 5. The molecule has 0 aliphatic carbocycles. The molecule has 0 saturated carbocycles. The minimum Gasteiger partial charge on any atom is -0.103 e. The lowest BCUT2D eigenvalue weighted by Crippen LogP contribution is -1.95. The smallest absolute Gasteiger partial charge is 0.00942 e. The quantitative estimate of drug-likeness (QED) is 0.461. The van der Waals surface area contributed by atoms with E-state index in [9.17, 15) is 0 Å². The van der Waals surface area contributed by atoms with Gasteiger partial charge >= 0.3 is 0 Å². The van der Waals surface area contributed by atoms with Gasteiger partial charge in [-0.05, 0) is 12.3 Å². The van der Waals surface area contributed by atoms with Crippen LogP contribution in [-0.4, -0.2) is 5.33 Å². The highest BCUT2D eigenvalue weighted by molar-refractivity contribution is 9.09. The van der Waals surface area contributed by atoms with Gasteiger partial charge in [0, 0.05) is 5.33 Å². The maximum absolute atomic E-state index is 3.75. The first kappa shape index (κ1) is 9.22. The second-order valence-electron chi connectivity index (χ2n) is 2.29. The van der Waals surface area contributed by atoms with Crippen molar-refractivity contribution in [2.24, 2.45) is 5.92 Å². The first-order valence-electron chi connectivity index (χ1n) is 3.53. The molecule has 0 aliphatic rings. The molecule has 0 aromatic rings. The van der Waals surface area contributed by atoms with Crippen LogP contribution in [0.3, 0.4) is 0 Å². The summed E-state index contributed by atoms with van der Waals surface area (Å²) in [5.74, 6) is 0.685. The van der Waals surface area contributed by atoms with Gasteiger partial charge < -0.3 is 0 Å². The molecule has 0 nitrogen and oxygen atoms in total. The molecule has 0 heterocycles. The van der Waals surface area contributed by atoms with Gasteiger partial charge in [-0.2, -0.15) is 0 Å². The van der Waals surface area contributed by atoms with Crippen molar-refractivity contribution in [2.45, 2.75) is 26.2 Å². The van der Waals surface area contributed by atoms with Gasteiger partial charge in [-0.3, -0.25) is 0 Å². The van der Waals surface area contributed by atoms with E-state index in [1.165, 1.54) is 19.3 Å². The van der Waals surface area contributed by atoms with Crippen molar-refractivity contribution in [3.8, 4) is 0 Å². The van der Waals surface area contributed by atoms with Gasteiger partial charge in [-0.1, -0.05) is 41.8 Å². The summed E-state index contributed by atoms with van der Waals surface area (Å²) in [6.45, 7) is 5.97. The number of alkyl halides is 1. The Hall–Kier alpha value is 0.220. The van der Waals surface area contributed by atoms with Crippen molar-refractivity contribution in [3.05, 3.63) is 12.7 Å². The maximum atomic E-state index is 3.75. The average molecular weight is 191 g/mol. The standard InChI is InChI=1S/C8H15Br/c1-3-5-6-8(4-2)7-9/h4,8H,2-3,5-7H2,1H3/t8-/m1/s1. The van der Waals surface area contributed by atoms with Crippen LogP contribution in [0.1, 0.15) is 26.2 Å². The third kappa shape index (κ3) is 4.71. The van der Waals surface area contributed by atoms with E-state index in [0.29, 0.717) is 5.92 Å². The van der Waals surface area contributed by atoms with Crippen molar-refractivity contribution in [2.75, 3.05) is 5.33 Å². The fourth-order valence-electron chi connectivity index (χ4n) is 0.724. The highest BCUT2D eigenvalue weighted by Crippen LogP contribution is 2.11. The van der Waals surface area contributed by atoms with E-state index in [1.807, 2.05) is 6.08 Å². The lowest BCUT2D eigenvalue weighted by atomic mass is 10.1. The lowest BCUT2D eigenvalue weighted by molar-refractivity contribution is 0.609. The van der Waals surface area contributed by atoms with E-state index in [4.69, 9.17) is 0 Å². The molecule has 1 atom stereocenters. The second-order valence-corrected chi connectivity index (χ2v) is 2.94. The Bertz CT molecular complexity index is 69.0. The van der Waals surface area contributed by atoms with Gasteiger partial charge in [0.05, 0.1) is 0 Å². The van der Waals surface area contributed by atoms with Crippen molar-refractivity contribution in [1.29, 1.82) is 0 Å². The summed E-state index contributed by atoms with van der Waals surface area (Å²) in [5.41, 5.74) is 0. The molecule has 0 saturated heterocycles. The van der Waals surface area contributed by atoms with E-state index >= 15 is 0 Å². The predicted octanol–water partition coefficient (Wildman–Crippen LogP) is 3.37. The molecule has 0 unspecified atom stereocenters. The highest BCUT2D eigenvalue weighted by atomic mass is 79.9. The summed E-state index contributed by atoms with van der Waals surface area (Å²) in [6, 6.07) is 0. The van der Waals surface area contributed by atoms with Gasteiger partial charge in [0.15, 0.2) is 0 Å². The Morgan fingerprint density at radius 2 is 2.33 bits per heavy atom. The number of allylic oxidation sites excluding steroid dienone is 1. The summed E-state index contributed by atoms with van der Waals surface area (Å²) in [6.07, 6.45) is 5.93. The summed E-state index contributed by atoms with van der Waals surface area (Å²) >= 11 is 3.43. The first-order valence-corrected chi connectivity index (χ1v) is 4.65. The van der Waals surface area contributed by atoms with E-state index in [0.717, 1.165) is 5.33 Å². The van der Waals surface area contributed by atoms with Crippen molar-refractivity contribution in [1.82, 2.24) is 0 Å². The largest absolute Gasteiger partial charge is 0.103 e. The average Bonchev–Trinajstić information content (AvgIpc) is 1.91. The van der Waals surface area contributed by atoms with Crippen LogP contribution in [0.2, 0.25) is 0 Å². The molecular weight excluding hydrogens is 176 g/mol. The van der Waals surface area contributed by atoms with E-state index in [2.05, 4.69) is 29.4 Å². The van der Waals surface area contributed by atoms with Crippen LogP contribution in [0.5, 0.6) is 0 Å². The van der Waals surface area contributed by atoms with Crippen LogP contribution in [0.4, 0.5) is 0 Å². The zero-order valence-electron chi connectivity index (χ0n) is 6.07. The monoisotopic (exact) mass is 190 g/mol. The van der Waals surface area contributed by atoms with Gasteiger partial charge in [0.25, 0.3) is 0 Å². The number of unbranched alkanes of at least 4 members (excludes halogenated alkanes) is 1. The molecule has 0 rings (SSSR count). The van der Waals surface area contributed by atoms with Crippen LogP contribution in [-0.2, 0) is 0 Å². The molecule has 0 aromatic heterocycles. The van der Waals surface area contributed by atoms with Crippen LogP contribution in [0.25, 0.3) is 0 Å². The third-order valence-corrected chi connectivity index (χ3v) is 2.29. The molecule has 0 bridgehead atoms. The SMILES string of the molecule is C=C[C@@H](CBr)CCCC. The van der Waals surface area contributed by atoms with E-state index < -0.39 is 0 Å². The minimum absolute atomic E-state index is 0.685. The van der Waals surface area contributed by atoms with E-state index in [-0.39, 0.29) is 0 Å².